The molecule has 0 bridgehead atoms. The van der Waals surface area contributed by atoms with E-state index < -0.39 is 6.10 Å². The minimum atomic E-state index is -0.468. The number of aromatic hydroxyl groups is 1. The van der Waals surface area contributed by atoms with Crippen molar-refractivity contribution in [1.29, 1.82) is 0 Å². The number of esters is 1. The van der Waals surface area contributed by atoms with Crippen LogP contribution in [0.15, 0.2) is 36.4 Å². The normalized spacial score (nSPS) is 17.7. The van der Waals surface area contributed by atoms with Crippen LogP contribution in [-0.2, 0) is 9.53 Å². The number of ether oxygens (including phenoxy) is 4. The second-order valence-corrected chi connectivity index (χ2v) is 6.61. The first-order valence-corrected chi connectivity index (χ1v) is 9.14. The third kappa shape index (κ3) is 4.30. The summed E-state index contributed by atoms with van der Waals surface area (Å²) >= 11 is 0. The second kappa shape index (κ2) is 8.87. The molecule has 0 radical (unpaired) electrons. The summed E-state index contributed by atoms with van der Waals surface area (Å²) < 4.78 is 22.3. The lowest BCUT2D eigenvalue weighted by molar-refractivity contribution is -0.141. The van der Waals surface area contributed by atoms with Gasteiger partial charge in [-0.2, -0.15) is 0 Å². The largest absolute Gasteiger partial charge is 0.504 e. The van der Waals surface area contributed by atoms with E-state index in [2.05, 4.69) is 0 Å². The van der Waals surface area contributed by atoms with E-state index in [1.165, 1.54) is 20.1 Å². The average molecular weight is 400 g/mol. The number of carbonyl (C=O) groups is 1. The van der Waals surface area contributed by atoms with E-state index in [0.717, 1.165) is 16.7 Å². The zero-order chi connectivity index (χ0) is 21.0. The number of rotatable bonds is 7. The monoisotopic (exact) mass is 400 g/mol. The van der Waals surface area contributed by atoms with Crippen LogP contribution in [-0.4, -0.2) is 43.6 Å². The van der Waals surface area contributed by atoms with Crippen molar-refractivity contribution < 1.29 is 34.0 Å². The van der Waals surface area contributed by atoms with E-state index in [4.69, 9.17) is 24.1 Å². The van der Waals surface area contributed by atoms with Crippen molar-refractivity contribution in [2.45, 2.75) is 18.9 Å². The molecular formula is C22H24O7. The summed E-state index contributed by atoms with van der Waals surface area (Å²) in [5, 5.41) is 19.0. The van der Waals surface area contributed by atoms with Crippen LogP contribution in [0.25, 0.3) is 6.08 Å². The van der Waals surface area contributed by atoms with Crippen molar-refractivity contribution >= 4 is 12.0 Å². The lowest BCUT2D eigenvalue weighted by Gasteiger charge is -2.20. The van der Waals surface area contributed by atoms with E-state index in [-0.39, 0.29) is 30.9 Å². The van der Waals surface area contributed by atoms with Crippen LogP contribution >= 0.6 is 0 Å². The molecule has 7 heteroatoms. The van der Waals surface area contributed by atoms with Crippen LogP contribution < -0.4 is 14.2 Å². The maximum Gasteiger partial charge on any atom is 0.302 e. The van der Waals surface area contributed by atoms with E-state index >= 15 is 0 Å². The zero-order valence-corrected chi connectivity index (χ0v) is 16.5. The Balaban J connectivity index is 2.07. The van der Waals surface area contributed by atoms with Gasteiger partial charge >= 0.3 is 5.97 Å². The first-order valence-electron chi connectivity index (χ1n) is 9.14. The first kappa shape index (κ1) is 20.5. The van der Waals surface area contributed by atoms with Gasteiger partial charge in [0.15, 0.2) is 23.0 Å². The molecular weight excluding hydrogens is 376 g/mol. The zero-order valence-electron chi connectivity index (χ0n) is 16.5. The molecule has 0 saturated heterocycles. The molecule has 3 rings (SSSR count). The highest BCUT2D eigenvalue weighted by atomic mass is 16.5. The fraction of sp³-hybridized carbons (Fsp3) is 0.318. The summed E-state index contributed by atoms with van der Waals surface area (Å²) in [4.78, 5) is 11.5. The van der Waals surface area contributed by atoms with E-state index in [1.54, 1.807) is 31.4 Å². The van der Waals surface area contributed by atoms with Gasteiger partial charge in [-0.15, -0.1) is 0 Å². The first-order chi connectivity index (χ1) is 14.0. The number of phenolic OH excluding ortho intramolecular Hbond substituents is 1. The highest BCUT2D eigenvalue weighted by Gasteiger charge is 2.39. The fourth-order valence-electron chi connectivity index (χ4n) is 3.41. The number of aliphatic hydroxyl groups excluding tert-OH is 1. The highest BCUT2D eigenvalue weighted by Crippen LogP contribution is 2.51. The number of benzene rings is 2. The summed E-state index contributed by atoms with van der Waals surface area (Å²) in [5.74, 6) is 0.788. The predicted molar refractivity (Wildman–Crippen MR) is 107 cm³/mol. The molecule has 29 heavy (non-hydrogen) atoms. The van der Waals surface area contributed by atoms with Crippen molar-refractivity contribution in [3.63, 3.8) is 0 Å². The van der Waals surface area contributed by atoms with Crippen molar-refractivity contribution in [3.8, 4) is 23.0 Å². The number of phenols is 1. The molecule has 2 aromatic carbocycles. The van der Waals surface area contributed by atoms with Crippen LogP contribution in [0.3, 0.4) is 0 Å². The van der Waals surface area contributed by atoms with Crippen LogP contribution in [0.1, 0.15) is 35.6 Å². The SMILES string of the molecule is COc1cc(C2Oc3c(OC)cc(C=CCO)cc3C2COC(C)=O)ccc1O. The van der Waals surface area contributed by atoms with Crippen molar-refractivity contribution in [1.82, 2.24) is 0 Å². The highest BCUT2D eigenvalue weighted by molar-refractivity contribution is 5.66. The number of fused-ring (bicyclic) bond motifs is 1. The molecule has 2 aromatic rings. The molecule has 7 nitrogen and oxygen atoms in total. The molecule has 0 amide bonds. The molecule has 0 spiro atoms. The van der Waals surface area contributed by atoms with Gasteiger partial charge in [0.2, 0.25) is 0 Å². The standard InChI is InChI=1S/C22H24O7/c1-13(24)28-12-17-16-9-14(5-4-8-23)10-20(27-3)22(16)29-21(17)15-6-7-18(25)19(11-15)26-2/h4-7,9-11,17,21,23,25H,8,12H2,1-3H3. The third-order valence-electron chi connectivity index (χ3n) is 4.75. The van der Waals surface area contributed by atoms with Gasteiger partial charge in [0.1, 0.15) is 12.7 Å². The number of aliphatic hydroxyl groups is 1. The number of hydrogen-bond acceptors (Lipinski definition) is 7. The minimum absolute atomic E-state index is 0.0253. The van der Waals surface area contributed by atoms with Gasteiger partial charge in [0.05, 0.1) is 26.7 Å². The summed E-state index contributed by atoms with van der Waals surface area (Å²) in [6.07, 6.45) is 2.94. The minimum Gasteiger partial charge on any atom is -0.504 e. The Bertz CT molecular complexity index is 920. The summed E-state index contributed by atoms with van der Waals surface area (Å²) in [6.45, 7) is 1.39. The van der Waals surface area contributed by atoms with Gasteiger partial charge in [-0.25, -0.2) is 0 Å². The van der Waals surface area contributed by atoms with Gasteiger partial charge in [-0.3, -0.25) is 4.79 Å². The molecule has 0 saturated carbocycles. The van der Waals surface area contributed by atoms with Crippen molar-refractivity contribution in [3.05, 3.63) is 53.1 Å². The molecule has 154 valence electrons. The quantitative estimate of drug-likeness (QED) is 0.689. The second-order valence-electron chi connectivity index (χ2n) is 6.61. The molecule has 0 fully saturated rings. The van der Waals surface area contributed by atoms with Crippen LogP contribution in [0, 0.1) is 0 Å². The smallest absolute Gasteiger partial charge is 0.302 e. The summed E-state index contributed by atoms with van der Waals surface area (Å²) in [5.41, 5.74) is 2.43. The Hall–Kier alpha value is -3.19. The van der Waals surface area contributed by atoms with Gasteiger partial charge < -0.3 is 29.2 Å². The molecule has 2 atom stereocenters. The van der Waals surface area contributed by atoms with Crippen molar-refractivity contribution in [2.75, 3.05) is 27.4 Å². The van der Waals surface area contributed by atoms with Gasteiger partial charge in [0, 0.05) is 12.5 Å². The molecule has 2 N–H and O–H groups in total. The topological polar surface area (TPSA) is 94.5 Å². The van der Waals surface area contributed by atoms with Crippen LogP contribution in [0.2, 0.25) is 0 Å². The van der Waals surface area contributed by atoms with Gasteiger partial charge in [-0.1, -0.05) is 18.2 Å². The Kier molecular flexibility index (Phi) is 6.29. The third-order valence-corrected chi connectivity index (χ3v) is 4.75. The van der Waals surface area contributed by atoms with Crippen LogP contribution in [0.5, 0.6) is 23.0 Å². The molecule has 1 aliphatic rings. The van der Waals surface area contributed by atoms with Crippen LogP contribution in [0.4, 0.5) is 0 Å². The lowest BCUT2D eigenvalue weighted by Crippen LogP contribution is -2.17. The number of hydrogen-bond donors (Lipinski definition) is 2. The molecule has 0 aromatic heterocycles. The van der Waals surface area contributed by atoms with E-state index in [0.29, 0.717) is 17.2 Å². The fourth-order valence-corrected chi connectivity index (χ4v) is 3.41. The Labute approximate surface area is 169 Å². The Morgan fingerprint density at radius 2 is 1.93 bits per heavy atom. The molecule has 2 unspecified atom stereocenters. The summed E-state index contributed by atoms with van der Waals surface area (Å²) in [7, 11) is 3.03. The van der Waals surface area contributed by atoms with E-state index in [1.807, 2.05) is 12.1 Å². The van der Waals surface area contributed by atoms with Gasteiger partial charge in [-0.05, 0) is 35.4 Å². The maximum absolute atomic E-state index is 11.5. The number of carbonyl (C=O) groups excluding carboxylic acids is 1. The van der Waals surface area contributed by atoms with Crippen molar-refractivity contribution in [2.24, 2.45) is 0 Å². The van der Waals surface area contributed by atoms with E-state index in [9.17, 15) is 9.90 Å². The average Bonchev–Trinajstić information content (AvgIpc) is 3.08. The molecule has 0 aliphatic carbocycles. The Morgan fingerprint density at radius 1 is 1.17 bits per heavy atom. The predicted octanol–water partition coefficient (Wildman–Crippen LogP) is 3.20. The molecule has 1 heterocycles. The van der Waals surface area contributed by atoms with Gasteiger partial charge in [0.25, 0.3) is 0 Å². The maximum atomic E-state index is 11.5. The summed E-state index contributed by atoms with van der Waals surface area (Å²) in [6, 6.07) is 8.72. The number of methoxy groups -OCH3 is 2. The Morgan fingerprint density at radius 3 is 2.59 bits per heavy atom. The molecule has 1 aliphatic heterocycles. The lowest BCUT2D eigenvalue weighted by atomic mass is 9.90.